The van der Waals surface area contributed by atoms with Crippen LogP contribution in [0.25, 0.3) is 0 Å². The van der Waals surface area contributed by atoms with Crippen LogP contribution >= 0.6 is 0 Å². The van der Waals surface area contributed by atoms with Gasteiger partial charge < -0.3 is 15.3 Å². The molecule has 0 bridgehead atoms. The van der Waals surface area contributed by atoms with Crippen molar-refractivity contribution in [2.24, 2.45) is 5.92 Å². The highest BCUT2D eigenvalue weighted by atomic mass is 16.4. The maximum atomic E-state index is 12.1. The van der Waals surface area contributed by atoms with Gasteiger partial charge in [-0.25, -0.2) is 4.79 Å². The molecule has 5 heteroatoms. The number of nitrogens with one attached hydrogen (secondary N) is 1. The molecule has 2 rings (SSSR count). The number of piperidine rings is 1. The Morgan fingerprint density at radius 1 is 1.30 bits per heavy atom. The minimum absolute atomic E-state index is 0.101. The predicted octanol–water partition coefficient (Wildman–Crippen LogP) is 2.80. The summed E-state index contributed by atoms with van der Waals surface area (Å²) in [5, 5.41) is 11.6. The Morgan fingerprint density at radius 3 is 2.75 bits per heavy atom. The minimum Gasteiger partial charge on any atom is -0.481 e. The second-order valence-electron chi connectivity index (χ2n) is 5.18. The molecular weight excluding hydrogens is 256 g/mol. The van der Waals surface area contributed by atoms with Crippen LogP contribution in [0.2, 0.25) is 0 Å². The van der Waals surface area contributed by atoms with E-state index in [0.29, 0.717) is 18.9 Å². The van der Waals surface area contributed by atoms with Crippen LogP contribution in [0, 0.1) is 5.92 Å². The Bertz CT molecular complexity index is 461. The second kappa shape index (κ2) is 6.93. The Morgan fingerprint density at radius 2 is 2.05 bits per heavy atom. The Balaban J connectivity index is 1.85. The van der Waals surface area contributed by atoms with Gasteiger partial charge in [0.1, 0.15) is 0 Å². The molecule has 0 spiro atoms. The van der Waals surface area contributed by atoms with Crippen LogP contribution < -0.4 is 5.32 Å². The lowest BCUT2D eigenvalue weighted by atomic mass is 9.93. The van der Waals surface area contributed by atoms with E-state index in [0.717, 1.165) is 25.1 Å². The summed E-state index contributed by atoms with van der Waals surface area (Å²) in [7, 11) is 0. The molecule has 5 nitrogen and oxygen atoms in total. The SMILES string of the molecule is O=C(O)CC[C@H]1CCCN(C(=O)Nc2ccccc2)C1. The molecule has 2 amide bonds. The highest BCUT2D eigenvalue weighted by Crippen LogP contribution is 2.21. The van der Waals surface area contributed by atoms with E-state index >= 15 is 0 Å². The molecule has 0 unspecified atom stereocenters. The van der Waals surface area contributed by atoms with Gasteiger partial charge >= 0.3 is 12.0 Å². The van der Waals surface area contributed by atoms with Crippen molar-refractivity contribution in [1.82, 2.24) is 4.90 Å². The molecule has 20 heavy (non-hydrogen) atoms. The highest BCUT2D eigenvalue weighted by molar-refractivity contribution is 5.89. The van der Waals surface area contributed by atoms with Gasteiger partial charge in [-0.15, -0.1) is 0 Å². The van der Waals surface area contributed by atoms with Crippen molar-refractivity contribution in [1.29, 1.82) is 0 Å². The molecule has 0 aromatic heterocycles. The molecule has 108 valence electrons. The van der Waals surface area contributed by atoms with Crippen molar-refractivity contribution in [3.63, 3.8) is 0 Å². The normalized spacial score (nSPS) is 18.6. The number of para-hydroxylation sites is 1. The monoisotopic (exact) mass is 276 g/mol. The average Bonchev–Trinajstić information content (AvgIpc) is 2.46. The molecule has 1 heterocycles. The van der Waals surface area contributed by atoms with Gasteiger partial charge in [-0.1, -0.05) is 18.2 Å². The van der Waals surface area contributed by atoms with E-state index in [1.165, 1.54) is 0 Å². The topological polar surface area (TPSA) is 69.6 Å². The highest BCUT2D eigenvalue weighted by Gasteiger charge is 2.23. The van der Waals surface area contributed by atoms with Crippen molar-refractivity contribution in [3.8, 4) is 0 Å². The summed E-state index contributed by atoms with van der Waals surface area (Å²) >= 11 is 0. The molecule has 1 aromatic carbocycles. The minimum atomic E-state index is -0.768. The van der Waals surface area contributed by atoms with Crippen molar-refractivity contribution < 1.29 is 14.7 Å². The molecular formula is C15H20N2O3. The summed E-state index contributed by atoms with van der Waals surface area (Å²) in [5.74, 6) is -0.475. The zero-order chi connectivity index (χ0) is 14.4. The van der Waals surface area contributed by atoms with Gasteiger partial charge in [0.2, 0.25) is 0 Å². The summed E-state index contributed by atoms with van der Waals surface area (Å²) in [6.07, 6.45) is 2.76. The summed E-state index contributed by atoms with van der Waals surface area (Å²) in [5.41, 5.74) is 0.783. The largest absolute Gasteiger partial charge is 0.481 e. The fourth-order valence-corrected chi connectivity index (χ4v) is 2.54. The van der Waals surface area contributed by atoms with Crippen LogP contribution in [-0.2, 0) is 4.79 Å². The van der Waals surface area contributed by atoms with E-state index in [2.05, 4.69) is 5.32 Å². The molecule has 1 aliphatic rings. The fraction of sp³-hybridized carbons (Fsp3) is 0.467. The van der Waals surface area contributed by atoms with E-state index in [4.69, 9.17) is 5.11 Å². The Hall–Kier alpha value is -2.04. The van der Waals surface area contributed by atoms with Gasteiger partial charge in [0.15, 0.2) is 0 Å². The standard InChI is InChI=1S/C15H20N2O3/c18-14(19)9-8-12-5-4-10-17(11-12)15(20)16-13-6-2-1-3-7-13/h1-3,6-7,12H,4-5,8-11H2,(H,16,20)(H,18,19)/t12-/m1/s1. The number of urea groups is 1. The number of anilines is 1. The molecule has 1 fully saturated rings. The predicted molar refractivity (Wildman–Crippen MR) is 76.6 cm³/mol. The van der Waals surface area contributed by atoms with Gasteiger partial charge in [0.25, 0.3) is 0 Å². The zero-order valence-electron chi connectivity index (χ0n) is 11.4. The van der Waals surface area contributed by atoms with E-state index in [-0.39, 0.29) is 12.5 Å². The molecule has 0 radical (unpaired) electrons. The third-order valence-electron chi connectivity index (χ3n) is 3.60. The van der Waals surface area contributed by atoms with Crippen molar-refractivity contribution in [2.45, 2.75) is 25.7 Å². The van der Waals surface area contributed by atoms with E-state index in [1.54, 1.807) is 4.90 Å². The quantitative estimate of drug-likeness (QED) is 0.888. The van der Waals surface area contributed by atoms with Crippen LogP contribution in [0.3, 0.4) is 0 Å². The number of aliphatic carboxylic acids is 1. The van der Waals surface area contributed by atoms with Gasteiger partial charge in [-0.05, 0) is 37.3 Å². The summed E-state index contributed by atoms with van der Waals surface area (Å²) < 4.78 is 0. The second-order valence-corrected chi connectivity index (χ2v) is 5.18. The molecule has 0 saturated carbocycles. The third-order valence-corrected chi connectivity index (χ3v) is 3.60. The smallest absolute Gasteiger partial charge is 0.321 e. The number of benzene rings is 1. The number of carbonyl (C=O) groups is 2. The molecule has 1 aliphatic heterocycles. The van der Waals surface area contributed by atoms with Gasteiger partial charge in [0.05, 0.1) is 0 Å². The van der Waals surface area contributed by atoms with Crippen LogP contribution in [0.1, 0.15) is 25.7 Å². The van der Waals surface area contributed by atoms with Crippen molar-refractivity contribution in [2.75, 3.05) is 18.4 Å². The average molecular weight is 276 g/mol. The number of hydrogen-bond acceptors (Lipinski definition) is 2. The maximum absolute atomic E-state index is 12.1. The number of hydrogen-bond donors (Lipinski definition) is 2. The lowest BCUT2D eigenvalue weighted by Gasteiger charge is -2.32. The number of carboxylic acids is 1. The number of nitrogens with zero attached hydrogens (tertiary/aromatic N) is 1. The van der Waals surface area contributed by atoms with Gasteiger partial charge in [-0.2, -0.15) is 0 Å². The first-order chi connectivity index (χ1) is 9.65. The molecule has 1 saturated heterocycles. The van der Waals surface area contributed by atoms with E-state index < -0.39 is 5.97 Å². The summed E-state index contributed by atoms with van der Waals surface area (Å²) in [4.78, 5) is 24.5. The van der Waals surface area contributed by atoms with E-state index in [9.17, 15) is 9.59 Å². The molecule has 1 aromatic rings. The number of carboxylic acid groups (broad SMARTS) is 1. The van der Waals surface area contributed by atoms with Crippen LogP contribution in [0.15, 0.2) is 30.3 Å². The summed E-state index contributed by atoms with van der Waals surface area (Å²) in [6, 6.07) is 9.26. The molecule has 2 N–H and O–H groups in total. The first kappa shape index (κ1) is 14.4. The van der Waals surface area contributed by atoms with Crippen LogP contribution in [0.5, 0.6) is 0 Å². The first-order valence-corrected chi connectivity index (χ1v) is 6.98. The Kier molecular flexibility index (Phi) is 4.98. The van der Waals surface area contributed by atoms with Crippen LogP contribution in [0.4, 0.5) is 10.5 Å². The number of rotatable bonds is 4. The molecule has 1 atom stereocenters. The number of amides is 2. The third kappa shape index (κ3) is 4.26. The van der Waals surface area contributed by atoms with Crippen molar-refractivity contribution in [3.05, 3.63) is 30.3 Å². The number of carbonyl (C=O) groups excluding carboxylic acids is 1. The Labute approximate surface area is 118 Å². The van der Waals surface area contributed by atoms with Crippen molar-refractivity contribution >= 4 is 17.7 Å². The molecule has 0 aliphatic carbocycles. The van der Waals surface area contributed by atoms with Gasteiger partial charge in [-0.3, -0.25) is 4.79 Å². The summed E-state index contributed by atoms with van der Waals surface area (Å²) in [6.45, 7) is 1.38. The number of likely N-dealkylation sites (tertiary alicyclic amines) is 1. The zero-order valence-corrected chi connectivity index (χ0v) is 11.4. The maximum Gasteiger partial charge on any atom is 0.321 e. The fourth-order valence-electron chi connectivity index (χ4n) is 2.54. The lowest BCUT2D eigenvalue weighted by molar-refractivity contribution is -0.137. The van der Waals surface area contributed by atoms with Gasteiger partial charge in [0, 0.05) is 25.2 Å². The lowest BCUT2D eigenvalue weighted by Crippen LogP contribution is -2.42. The van der Waals surface area contributed by atoms with E-state index in [1.807, 2.05) is 30.3 Å². The first-order valence-electron chi connectivity index (χ1n) is 6.98. The van der Waals surface area contributed by atoms with Crippen LogP contribution in [-0.4, -0.2) is 35.1 Å².